The van der Waals surface area contributed by atoms with Gasteiger partial charge in [-0.05, 0) is 30.2 Å². The lowest BCUT2D eigenvalue weighted by atomic mass is 9.98. The first kappa shape index (κ1) is 24.6. The van der Waals surface area contributed by atoms with Crippen LogP contribution in [0.1, 0.15) is 52.1 Å². The van der Waals surface area contributed by atoms with Gasteiger partial charge >= 0.3 is 6.18 Å². The van der Waals surface area contributed by atoms with Gasteiger partial charge in [0.25, 0.3) is 0 Å². The fourth-order valence-corrected chi connectivity index (χ4v) is 5.25. The Bertz CT molecular complexity index is 1330. The van der Waals surface area contributed by atoms with Gasteiger partial charge in [0, 0.05) is 60.9 Å². The number of halogens is 5. The molecule has 0 saturated heterocycles. The topological polar surface area (TPSA) is 58.4 Å². The van der Waals surface area contributed by atoms with E-state index < -0.39 is 36.4 Å². The Morgan fingerprint density at radius 2 is 1.94 bits per heavy atom. The molecule has 5 rings (SSSR count). The molecule has 1 aliphatic carbocycles. The van der Waals surface area contributed by atoms with Gasteiger partial charge in [-0.25, -0.2) is 8.78 Å². The molecule has 2 atom stereocenters. The fraction of sp³-hybridized carbons (Fsp3) is 0.385. The maximum atomic E-state index is 14.5. The van der Waals surface area contributed by atoms with Crippen LogP contribution in [-0.4, -0.2) is 50.9 Å². The number of alkyl halides is 3. The number of ketones is 1. The van der Waals surface area contributed by atoms with Crippen molar-refractivity contribution in [2.75, 3.05) is 13.1 Å². The molecule has 0 fully saturated rings. The average molecular weight is 505 g/mol. The van der Waals surface area contributed by atoms with Crippen LogP contribution in [0, 0.1) is 11.6 Å². The van der Waals surface area contributed by atoms with E-state index in [0.717, 1.165) is 6.07 Å². The van der Waals surface area contributed by atoms with Crippen LogP contribution in [0.15, 0.2) is 36.4 Å². The van der Waals surface area contributed by atoms with E-state index in [1.54, 1.807) is 33.8 Å². The van der Waals surface area contributed by atoms with Gasteiger partial charge in [0.05, 0.1) is 18.2 Å². The quantitative estimate of drug-likeness (QED) is 0.398. The van der Waals surface area contributed by atoms with E-state index in [2.05, 4.69) is 0 Å². The SMILES string of the molecule is CC(=O)c1cccc(-c2nn([C@@H]3c4cc(F)cc(F)c4C[C@H]3O)c3c2CN(CCC(F)(F)F)CC3)c1. The minimum Gasteiger partial charge on any atom is -0.390 e. The van der Waals surface area contributed by atoms with Gasteiger partial charge < -0.3 is 5.11 Å². The van der Waals surface area contributed by atoms with Gasteiger partial charge in [-0.1, -0.05) is 18.2 Å². The molecule has 0 amide bonds. The van der Waals surface area contributed by atoms with Crippen molar-refractivity contribution in [3.05, 3.63) is 76.0 Å². The first-order valence-corrected chi connectivity index (χ1v) is 11.7. The molecule has 1 aliphatic heterocycles. The number of hydrogen-bond donors (Lipinski definition) is 1. The van der Waals surface area contributed by atoms with Crippen LogP contribution in [0.2, 0.25) is 0 Å². The van der Waals surface area contributed by atoms with Crippen molar-refractivity contribution in [1.82, 2.24) is 14.7 Å². The van der Waals surface area contributed by atoms with E-state index in [1.807, 2.05) is 0 Å². The Labute approximate surface area is 204 Å². The first-order chi connectivity index (χ1) is 17.0. The molecular weight excluding hydrogens is 481 g/mol. The van der Waals surface area contributed by atoms with E-state index in [9.17, 15) is 31.9 Å². The number of carbonyl (C=O) groups is 1. The molecule has 3 aromatic rings. The highest BCUT2D eigenvalue weighted by Crippen LogP contribution is 2.40. The monoisotopic (exact) mass is 505 g/mol. The van der Waals surface area contributed by atoms with Crippen molar-refractivity contribution in [1.29, 1.82) is 0 Å². The summed E-state index contributed by atoms with van der Waals surface area (Å²) in [6, 6.07) is 7.92. The fourth-order valence-electron chi connectivity index (χ4n) is 5.25. The van der Waals surface area contributed by atoms with Crippen LogP contribution in [0.5, 0.6) is 0 Å². The molecule has 10 heteroatoms. The van der Waals surface area contributed by atoms with Crippen molar-refractivity contribution in [3.63, 3.8) is 0 Å². The van der Waals surface area contributed by atoms with Crippen molar-refractivity contribution in [2.24, 2.45) is 0 Å². The molecule has 2 aromatic carbocycles. The summed E-state index contributed by atoms with van der Waals surface area (Å²) >= 11 is 0. The lowest BCUT2D eigenvalue weighted by Crippen LogP contribution is -2.35. The highest BCUT2D eigenvalue weighted by Gasteiger charge is 2.39. The number of carbonyl (C=O) groups excluding carboxylic acids is 1. The number of benzene rings is 2. The number of fused-ring (bicyclic) bond motifs is 2. The summed E-state index contributed by atoms with van der Waals surface area (Å²) < 4.78 is 68.7. The van der Waals surface area contributed by atoms with Crippen LogP contribution in [0.3, 0.4) is 0 Å². The number of Topliss-reactive ketones (excluding diaryl/α,β-unsaturated/α-hetero) is 1. The second-order valence-corrected chi connectivity index (χ2v) is 9.42. The molecular formula is C26H24F5N3O2. The van der Waals surface area contributed by atoms with Gasteiger partial charge in [0.2, 0.25) is 0 Å². The molecule has 36 heavy (non-hydrogen) atoms. The van der Waals surface area contributed by atoms with Gasteiger partial charge in [0.15, 0.2) is 5.78 Å². The minimum atomic E-state index is -4.28. The summed E-state index contributed by atoms with van der Waals surface area (Å²) in [5.41, 5.74) is 3.44. The number of aromatic nitrogens is 2. The highest BCUT2D eigenvalue weighted by molar-refractivity contribution is 5.95. The molecule has 0 spiro atoms. The van der Waals surface area contributed by atoms with Crippen molar-refractivity contribution in [3.8, 4) is 11.3 Å². The van der Waals surface area contributed by atoms with Gasteiger partial charge in [-0.2, -0.15) is 18.3 Å². The zero-order valence-electron chi connectivity index (χ0n) is 19.4. The van der Waals surface area contributed by atoms with Crippen LogP contribution in [0.4, 0.5) is 22.0 Å². The molecule has 2 heterocycles. The van der Waals surface area contributed by atoms with Crippen LogP contribution < -0.4 is 0 Å². The normalized spacial score (nSPS) is 19.9. The largest absolute Gasteiger partial charge is 0.390 e. The number of rotatable bonds is 5. The molecule has 1 aromatic heterocycles. The van der Waals surface area contributed by atoms with Crippen molar-refractivity contribution < 1.29 is 31.9 Å². The Balaban J connectivity index is 1.62. The van der Waals surface area contributed by atoms with Crippen molar-refractivity contribution in [2.45, 2.75) is 51.1 Å². The highest BCUT2D eigenvalue weighted by atomic mass is 19.4. The second-order valence-electron chi connectivity index (χ2n) is 9.42. The molecule has 0 bridgehead atoms. The number of aliphatic hydroxyl groups excluding tert-OH is 1. The smallest absolute Gasteiger partial charge is 0.390 e. The van der Waals surface area contributed by atoms with E-state index in [0.29, 0.717) is 46.6 Å². The summed E-state index contributed by atoms with van der Waals surface area (Å²) in [5.74, 6) is -1.65. The first-order valence-electron chi connectivity index (χ1n) is 11.7. The third-order valence-electron chi connectivity index (χ3n) is 6.97. The summed E-state index contributed by atoms with van der Waals surface area (Å²) in [6.07, 6.45) is -5.94. The Hall–Kier alpha value is -3.11. The standard InChI is InChI=1S/C26H24F5N3O2/c1-14(35)15-3-2-4-16(9-15)24-20-13-33(8-6-26(29,30)31)7-5-22(20)34(32-24)25-19-10-17(27)11-21(28)18(19)12-23(25)36/h2-4,9-11,23,25,36H,5-8,12-13H2,1H3/t23-,25-/m1/s1. The summed E-state index contributed by atoms with van der Waals surface area (Å²) in [5, 5.41) is 15.6. The van der Waals surface area contributed by atoms with Crippen molar-refractivity contribution >= 4 is 5.78 Å². The molecule has 5 nitrogen and oxygen atoms in total. The maximum absolute atomic E-state index is 14.5. The van der Waals surface area contributed by atoms with E-state index in [4.69, 9.17) is 5.10 Å². The summed E-state index contributed by atoms with van der Waals surface area (Å²) in [7, 11) is 0. The van der Waals surface area contributed by atoms with E-state index in [1.165, 1.54) is 13.0 Å². The molecule has 0 unspecified atom stereocenters. The molecule has 0 radical (unpaired) electrons. The second kappa shape index (κ2) is 9.08. The average Bonchev–Trinajstić information content (AvgIpc) is 3.34. The predicted octanol–water partition coefficient (Wildman–Crippen LogP) is 4.85. The van der Waals surface area contributed by atoms with Gasteiger partial charge in [0.1, 0.15) is 17.7 Å². The number of aliphatic hydroxyl groups is 1. The Kier molecular flexibility index (Phi) is 6.20. The zero-order valence-corrected chi connectivity index (χ0v) is 19.4. The van der Waals surface area contributed by atoms with Crippen LogP contribution >= 0.6 is 0 Å². The lowest BCUT2D eigenvalue weighted by Gasteiger charge is -2.29. The molecule has 1 N–H and O–H groups in total. The lowest BCUT2D eigenvalue weighted by molar-refractivity contribution is -0.138. The number of nitrogens with zero attached hydrogens (tertiary/aromatic N) is 3. The third kappa shape index (κ3) is 4.55. The summed E-state index contributed by atoms with van der Waals surface area (Å²) in [6.45, 7) is 1.79. The molecule has 2 aliphatic rings. The Morgan fingerprint density at radius 1 is 1.17 bits per heavy atom. The maximum Gasteiger partial charge on any atom is 0.390 e. The summed E-state index contributed by atoms with van der Waals surface area (Å²) in [4.78, 5) is 13.7. The van der Waals surface area contributed by atoms with Gasteiger partial charge in [-0.15, -0.1) is 0 Å². The zero-order chi connectivity index (χ0) is 25.8. The molecule has 190 valence electrons. The molecule has 0 saturated carbocycles. The van der Waals surface area contributed by atoms with E-state index >= 15 is 0 Å². The predicted molar refractivity (Wildman–Crippen MR) is 122 cm³/mol. The minimum absolute atomic E-state index is 0.00634. The number of hydrogen-bond acceptors (Lipinski definition) is 4. The van der Waals surface area contributed by atoms with E-state index in [-0.39, 0.29) is 30.9 Å². The van der Waals surface area contributed by atoms with Gasteiger partial charge in [-0.3, -0.25) is 14.4 Å². The Morgan fingerprint density at radius 3 is 2.67 bits per heavy atom. The third-order valence-corrected chi connectivity index (χ3v) is 6.97. The van der Waals surface area contributed by atoms with Crippen LogP contribution in [-0.2, 0) is 19.4 Å². The van der Waals surface area contributed by atoms with Crippen LogP contribution in [0.25, 0.3) is 11.3 Å².